The second kappa shape index (κ2) is 6.06. The van der Waals surface area contributed by atoms with Gasteiger partial charge in [-0.05, 0) is 17.2 Å². The van der Waals surface area contributed by atoms with E-state index in [0.717, 1.165) is 11.3 Å². The van der Waals surface area contributed by atoms with E-state index in [9.17, 15) is 0 Å². The number of methoxy groups -OCH3 is 1. The molecule has 0 saturated heterocycles. The van der Waals surface area contributed by atoms with Gasteiger partial charge in [-0.2, -0.15) is 0 Å². The second-order valence-electron chi connectivity index (χ2n) is 6.03. The first-order valence-electron chi connectivity index (χ1n) is 8.14. The average Bonchev–Trinajstić information content (AvgIpc) is 2.68. The van der Waals surface area contributed by atoms with Gasteiger partial charge in [0.2, 0.25) is 0 Å². The largest absolute Gasteiger partial charge is 0.375 e. The van der Waals surface area contributed by atoms with E-state index in [1.165, 1.54) is 11.1 Å². The van der Waals surface area contributed by atoms with Crippen molar-refractivity contribution in [1.29, 1.82) is 0 Å². The molecule has 0 N–H and O–H groups in total. The third kappa shape index (κ3) is 2.19. The van der Waals surface area contributed by atoms with Gasteiger partial charge in [0.25, 0.3) is 0 Å². The Morgan fingerprint density at radius 1 is 0.750 bits per heavy atom. The van der Waals surface area contributed by atoms with Crippen molar-refractivity contribution in [2.24, 2.45) is 4.99 Å². The van der Waals surface area contributed by atoms with Crippen LogP contribution in [0.5, 0.6) is 0 Å². The Hall–Kier alpha value is -2.71. The maximum absolute atomic E-state index is 6.05. The molecule has 3 aromatic carbocycles. The number of benzene rings is 3. The summed E-state index contributed by atoms with van der Waals surface area (Å²) in [4.78, 5) is 4.79. The lowest BCUT2D eigenvalue weighted by atomic mass is 9.68. The summed E-state index contributed by atoms with van der Waals surface area (Å²) >= 11 is 0. The summed E-state index contributed by atoms with van der Waals surface area (Å²) in [5.74, 6) is 0. The minimum atomic E-state index is -0.439. The Labute approximate surface area is 142 Å². The van der Waals surface area contributed by atoms with Crippen LogP contribution in [0.2, 0.25) is 0 Å². The third-order valence-corrected chi connectivity index (χ3v) is 4.78. The minimum absolute atomic E-state index is 0.129. The van der Waals surface area contributed by atoms with Crippen LogP contribution in [0.3, 0.4) is 0 Å². The zero-order valence-corrected chi connectivity index (χ0v) is 13.6. The van der Waals surface area contributed by atoms with Crippen molar-refractivity contribution in [3.8, 4) is 0 Å². The summed E-state index contributed by atoms with van der Waals surface area (Å²) in [7, 11) is 1.78. The predicted octanol–water partition coefficient (Wildman–Crippen LogP) is 5.08. The molecule has 1 unspecified atom stereocenters. The molecule has 1 atom stereocenters. The maximum Gasteiger partial charge on any atom is 0.103 e. The van der Waals surface area contributed by atoms with E-state index in [2.05, 4.69) is 54.6 Å². The van der Waals surface area contributed by atoms with Crippen LogP contribution in [0.4, 0.5) is 5.69 Å². The van der Waals surface area contributed by atoms with Gasteiger partial charge in [-0.25, -0.2) is 0 Å². The quantitative estimate of drug-likeness (QED) is 0.661. The first-order valence-corrected chi connectivity index (χ1v) is 8.14. The maximum atomic E-state index is 6.05. The normalized spacial score (nSPS) is 18.1. The number of para-hydroxylation sites is 1. The first kappa shape index (κ1) is 14.9. The van der Waals surface area contributed by atoms with Crippen molar-refractivity contribution >= 4 is 11.9 Å². The van der Waals surface area contributed by atoms with Crippen LogP contribution in [0.15, 0.2) is 89.9 Å². The van der Waals surface area contributed by atoms with Crippen molar-refractivity contribution in [1.82, 2.24) is 0 Å². The van der Waals surface area contributed by atoms with Crippen LogP contribution >= 0.6 is 0 Å². The molecule has 3 aromatic rings. The van der Waals surface area contributed by atoms with E-state index in [1.54, 1.807) is 7.11 Å². The lowest BCUT2D eigenvalue weighted by molar-refractivity contribution is 0.0715. The van der Waals surface area contributed by atoms with Gasteiger partial charge in [-0.15, -0.1) is 0 Å². The number of rotatable bonds is 3. The molecule has 0 aliphatic carbocycles. The van der Waals surface area contributed by atoms with Crippen LogP contribution < -0.4 is 0 Å². The van der Waals surface area contributed by atoms with Crippen LogP contribution in [0.1, 0.15) is 22.8 Å². The van der Waals surface area contributed by atoms with Crippen molar-refractivity contribution in [3.63, 3.8) is 0 Å². The van der Waals surface area contributed by atoms with Gasteiger partial charge in [-0.3, -0.25) is 4.99 Å². The van der Waals surface area contributed by atoms with Gasteiger partial charge in [0, 0.05) is 18.9 Å². The molecule has 118 valence electrons. The van der Waals surface area contributed by atoms with Crippen LogP contribution in [0.25, 0.3) is 0 Å². The van der Waals surface area contributed by atoms with Crippen molar-refractivity contribution in [2.45, 2.75) is 11.5 Å². The smallest absolute Gasteiger partial charge is 0.103 e. The second-order valence-corrected chi connectivity index (χ2v) is 6.03. The van der Waals surface area contributed by atoms with Gasteiger partial charge in [0.1, 0.15) is 6.10 Å². The average molecular weight is 313 g/mol. The number of hydrogen-bond donors (Lipinski definition) is 0. The van der Waals surface area contributed by atoms with Gasteiger partial charge in [-0.1, -0.05) is 78.9 Å². The number of nitrogens with zero attached hydrogens (tertiary/aromatic N) is 1. The fourth-order valence-electron chi connectivity index (χ4n) is 3.67. The van der Waals surface area contributed by atoms with E-state index in [4.69, 9.17) is 9.73 Å². The molecule has 1 heterocycles. The molecule has 0 radical (unpaired) electrons. The summed E-state index contributed by atoms with van der Waals surface area (Å²) in [6.07, 6.45) is 1.92. The zero-order chi connectivity index (χ0) is 16.4. The third-order valence-electron chi connectivity index (χ3n) is 4.78. The Kier molecular flexibility index (Phi) is 3.75. The molecule has 0 bridgehead atoms. The van der Waals surface area contributed by atoms with E-state index in [-0.39, 0.29) is 6.10 Å². The molecule has 1 aliphatic heterocycles. The highest BCUT2D eigenvalue weighted by molar-refractivity contribution is 5.86. The SMILES string of the molecule is COC1c2ccccc2N=CC1(c1ccccc1)c1ccccc1. The molecule has 2 heteroatoms. The number of ether oxygens (including phenoxy) is 1. The van der Waals surface area contributed by atoms with Crippen molar-refractivity contribution < 1.29 is 4.74 Å². The summed E-state index contributed by atoms with van der Waals surface area (Å²) < 4.78 is 6.05. The molecule has 4 rings (SSSR count). The fourth-order valence-corrected chi connectivity index (χ4v) is 3.67. The lowest BCUT2D eigenvalue weighted by Crippen LogP contribution is -2.39. The minimum Gasteiger partial charge on any atom is -0.375 e. The van der Waals surface area contributed by atoms with Crippen molar-refractivity contribution in [3.05, 3.63) is 102 Å². The highest BCUT2D eigenvalue weighted by Crippen LogP contribution is 2.49. The van der Waals surface area contributed by atoms with E-state index in [0.29, 0.717) is 0 Å². The predicted molar refractivity (Wildman–Crippen MR) is 98.0 cm³/mol. The standard InChI is InChI=1S/C22H19NO/c1-24-21-19-14-8-9-15-20(19)23-16-22(21,17-10-4-2-5-11-17)18-12-6-3-7-13-18/h2-16,21H,1H3. The molecule has 1 aliphatic rings. The molecule has 0 spiro atoms. The molecule has 0 fully saturated rings. The lowest BCUT2D eigenvalue weighted by Gasteiger charge is -2.41. The number of aliphatic imine (C=N–C) groups is 1. The summed E-state index contributed by atoms with van der Waals surface area (Å²) in [5.41, 5.74) is 4.02. The Morgan fingerprint density at radius 3 is 1.88 bits per heavy atom. The summed E-state index contributed by atoms with van der Waals surface area (Å²) in [6.45, 7) is 0. The van der Waals surface area contributed by atoms with Gasteiger partial charge in [0.05, 0.1) is 11.1 Å². The Balaban J connectivity index is 2.02. The highest BCUT2D eigenvalue weighted by atomic mass is 16.5. The molecule has 2 nitrogen and oxygen atoms in total. The Bertz CT molecular complexity index is 816. The molecule has 24 heavy (non-hydrogen) atoms. The van der Waals surface area contributed by atoms with Gasteiger partial charge >= 0.3 is 0 Å². The highest BCUT2D eigenvalue weighted by Gasteiger charge is 2.45. The summed E-state index contributed by atoms with van der Waals surface area (Å²) in [6, 6.07) is 29.2. The first-order chi connectivity index (χ1) is 11.9. The Morgan fingerprint density at radius 2 is 1.29 bits per heavy atom. The number of hydrogen-bond acceptors (Lipinski definition) is 2. The molecular weight excluding hydrogens is 294 g/mol. The molecule has 0 aromatic heterocycles. The number of fused-ring (bicyclic) bond motifs is 1. The van der Waals surface area contributed by atoms with E-state index < -0.39 is 5.41 Å². The van der Waals surface area contributed by atoms with Crippen LogP contribution in [-0.2, 0) is 10.2 Å². The molecule has 0 saturated carbocycles. The van der Waals surface area contributed by atoms with E-state index in [1.807, 2.05) is 36.5 Å². The topological polar surface area (TPSA) is 21.6 Å². The monoisotopic (exact) mass is 313 g/mol. The molecular formula is C22H19NO. The summed E-state index contributed by atoms with van der Waals surface area (Å²) in [5, 5.41) is 0. The van der Waals surface area contributed by atoms with Crippen LogP contribution in [0, 0.1) is 0 Å². The fraction of sp³-hybridized carbons (Fsp3) is 0.136. The van der Waals surface area contributed by atoms with Crippen molar-refractivity contribution in [2.75, 3.05) is 7.11 Å². The van der Waals surface area contributed by atoms with Gasteiger partial charge in [0.15, 0.2) is 0 Å². The molecule has 0 amide bonds. The van der Waals surface area contributed by atoms with E-state index >= 15 is 0 Å². The van der Waals surface area contributed by atoms with Gasteiger partial charge < -0.3 is 4.74 Å². The zero-order valence-electron chi connectivity index (χ0n) is 13.6. The van der Waals surface area contributed by atoms with Crippen LogP contribution in [-0.4, -0.2) is 13.3 Å².